The van der Waals surface area contributed by atoms with Crippen LogP contribution >= 0.6 is 11.6 Å². The van der Waals surface area contributed by atoms with Crippen LogP contribution in [0.4, 0.5) is 5.69 Å². The van der Waals surface area contributed by atoms with E-state index in [0.29, 0.717) is 29.6 Å². The fourth-order valence-electron chi connectivity index (χ4n) is 1.67. The van der Waals surface area contributed by atoms with E-state index in [2.05, 4.69) is 5.32 Å². The minimum atomic E-state index is -0.0612. The van der Waals surface area contributed by atoms with Crippen LogP contribution in [0.15, 0.2) is 18.2 Å². The molecule has 0 radical (unpaired) electrons. The highest BCUT2D eigenvalue weighted by molar-refractivity contribution is 6.32. The molecule has 1 rings (SSSR count). The first-order valence-electron chi connectivity index (χ1n) is 6.51. The summed E-state index contributed by atoms with van der Waals surface area (Å²) in [6.45, 7) is 4.94. The van der Waals surface area contributed by atoms with Gasteiger partial charge in [-0.05, 0) is 44.5 Å². The number of hydrogen-bond donors (Lipinski definition) is 2. The van der Waals surface area contributed by atoms with E-state index in [-0.39, 0.29) is 11.8 Å². The van der Waals surface area contributed by atoms with Crippen molar-refractivity contribution in [1.82, 2.24) is 0 Å². The zero-order chi connectivity index (χ0) is 14.3. The number of nitrogens with one attached hydrogen (secondary N) is 1. The summed E-state index contributed by atoms with van der Waals surface area (Å²) in [4.78, 5) is 11.9. The molecule has 1 aromatic carbocycles. The van der Waals surface area contributed by atoms with E-state index >= 15 is 0 Å². The molecule has 1 aromatic rings. The number of benzene rings is 1. The zero-order valence-corrected chi connectivity index (χ0v) is 12.2. The fourth-order valence-corrected chi connectivity index (χ4v) is 1.91. The Labute approximate surface area is 119 Å². The summed E-state index contributed by atoms with van der Waals surface area (Å²) in [6.07, 6.45) is 1.63. The SMILES string of the molecule is CCOc1ccc(NC(=O)C(C)CCCN)cc1Cl. The molecule has 4 nitrogen and oxygen atoms in total. The number of ether oxygens (including phenoxy) is 1. The zero-order valence-electron chi connectivity index (χ0n) is 11.4. The van der Waals surface area contributed by atoms with Crippen molar-refractivity contribution in [2.75, 3.05) is 18.5 Å². The van der Waals surface area contributed by atoms with Gasteiger partial charge in [0, 0.05) is 11.6 Å². The highest BCUT2D eigenvalue weighted by Gasteiger charge is 2.13. The summed E-state index contributed by atoms with van der Waals surface area (Å²) in [5.74, 6) is 0.543. The Kier molecular flexibility index (Phi) is 6.67. The molecule has 1 amide bonds. The topological polar surface area (TPSA) is 64.3 Å². The van der Waals surface area contributed by atoms with E-state index in [0.717, 1.165) is 12.8 Å². The highest BCUT2D eigenvalue weighted by atomic mass is 35.5. The molecule has 0 spiro atoms. The second-order valence-electron chi connectivity index (χ2n) is 4.40. The summed E-state index contributed by atoms with van der Waals surface area (Å²) in [5.41, 5.74) is 6.11. The quantitative estimate of drug-likeness (QED) is 0.809. The molecule has 0 aliphatic carbocycles. The van der Waals surface area contributed by atoms with E-state index in [9.17, 15) is 4.79 Å². The average Bonchev–Trinajstić information content (AvgIpc) is 2.39. The number of amides is 1. The minimum absolute atomic E-state index is 0.0197. The summed E-state index contributed by atoms with van der Waals surface area (Å²) >= 11 is 6.06. The van der Waals surface area contributed by atoms with Crippen LogP contribution in [0.25, 0.3) is 0 Å². The first-order chi connectivity index (χ1) is 9.08. The van der Waals surface area contributed by atoms with Gasteiger partial charge in [-0.1, -0.05) is 18.5 Å². The van der Waals surface area contributed by atoms with Gasteiger partial charge in [-0.2, -0.15) is 0 Å². The summed E-state index contributed by atoms with van der Waals surface area (Å²) in [5, 5.41) is 3.34. The third-order valence-electron chi connectivity index (χ3n) is 2.79. The van der Waals surface area contributed by atoms with Gasteiger partial charge in [0.1, 0.15) is 5.75 Å². The van der Waals surface area contributed by atoms with Crippen molar-refractivity contribution in [1.29, 1.82) is 0 Å². The van der Waals surface area contributed by atoms with Crippen LogP contribution in [0, 0.1) is 5.92 Å². The van der Waals surface area contributed by atoms with Gasteiger partial charge in [-0.25, -0.2) is 0 Å². The molecular weight excluding hydrogens is 264 g/mol. The number of carbonyl (C=O) groups excluding carboxylic acids is 1. The monoisotopic (exact) mass is 284 g/mol. The Balaban J connectivity index is 2.62. The van der Waals surface area contributed by atoms with Crippen LogP contribution in [-0.2, 0) is 4.79 Å². The molecule has 0 aromatic heterocycles. The summed E-state index contributed by atoms with van der Waals surface area (Å²) in [6, 6.07) is 5.23. The van der Waals surface area contributed by atoms with Gasteiger partial charge >= 0.3 is 0 Å². The predicted octanol–water partition coefficient (Wildman–Crippen LogP) is 3.05. The maximum atomic E-state index is 11.9. The Morgan fingerprint density at radius 3 is 2.84 bits per heavy atom. The molecule has 19 heavy (non-hydrogen) atoms. The van der Waals surface area contributed by atoms with Gasteiger partial charge in [-0.15, -0.1) is 0 Å². The van der Waals surface area contributed by atoms with E-state index in [1.54, 1.807) is 18.2 Å². The number of nitrogens with two attached hydrogens (primary N) is 1. The maximum Gasteiger partial charge on any atom is 0.227 e. The van der Waals surface area contributed by atoms with Crippen molar-refractivity contribution in [2.24, 2.45) is 11.7 Å². The van der Waals surface area contributed by atoms with Crippen molar-refractivity contribution in [3.8, 4) is 5.75 Å². The molecule has 5 heteroatoms. The molecule has 0 heterocycles. The lowest BCUT2D eigenvalue weighted by Gasteiger charge is -2.13. The van der Waals surface area contributed by atoms with Crippen LogP contribution in [0.3, 0.4) is 0 Å². The maximum absolute atomic E-state index is 11.9. The van der Waals surface area contributed by atoms with Gasteiger partial charge < -0.3 is 15.8 Å². The lowest BCUT2D eigenvalue weighted by atomic mass is 10.0. The number of carbonyl (C=O) groups is 1. The van der Waals surface area contributed by atoms with E-state index < -0.39 is 0 Å². The second-order valence-corrected chi connectivity index (χ2v) is 4.81. The lowest BCUT2D eigenvalue weighted by molar-refractivity contribution is -0.119. The van der Waals surface area contributed by atoms with Crippen LogP contribution in [0.2, 0.25) is 5.02 Å². The number of rotatable bonds is 7. The molecule has 3 N–H and O–H groups in total. The predicted molar refractivity (Wildman–Crippen MR) is 78.7 cm³/mol. The van der Waals surface area contributed by atoms with Gasteiger partial charge in [0.25, 0.3) is 0 Å². The van der Waals surface area contributed by atoms with Crippen LogP contribution in [-0.4, -0.2) is 19.1 Å². The van der Waals surface area contributed by atoms with Crippen LogP contribution < -0.4 is 15.8 Å². The Morgan fingerprint density at radius 1 is 1.53 bits per heavy atom. The van der Waals surface area contributed by atoms with Crippen molar-refractivity contribution in [2.45, 2.75) is 26.7 Å². The second kappa shape index (κ2) is 8.02. The van der Waals surface area contributed by atoms with Crippen molar-refractivity contribution >= 4 is 23.2 Å². The Bertz CT molecular complexity index is 424. The van der Waals surface area contributed by atoms with Crippen molar-refractivity contribution in [3.05, 3.63) is 23.2 Å². The van der Waals surface area contributed by atoms with Gasteiger partial charge in [0.2, 0.25) is 5.91 Å². The number of hydrogen-bond acceptors (Lipinski definition) is 3. The third-order valence-corrected chi connectivity index (χ3v) is 3.08. The number of halogens is 1. The third kappa shape index (κ3) is 5.09. The molecule has 1 unspecified atom stereocenters. The van der Waals surface area contributed by atoms with Gasteiger partial charge in [0.15, 0.2) is 0 Å². The van der Waals surface area contributed by atoms with Crippen molar-refractivity contribution < 1.29 is 9.53 Å². The van der Waals surface area contributed by atoms with Gasteiger partial charge in [0.05, 0.1) is 11.6 Å². The largest absolute Gasteiger partial charge is 0.492 e. The van der Waals surface area contributed by atoms with Crippen LogP contribution in [0.1, 0.15) is 26.7 Å². The van der Waals surface area contributed by atoms with E-state index in [4.69, 9.17) is 22.1 Å². The number of anilines is 1. The summed E-state index contributed by atoms with van der Waals surface area (Å²) in [7, 11) is 0. The summed E-state index contributed by atoms with van der Waals surface area (Å²) < 4.78 is 5.34. The smallest absolute Gasteiger partial charge is 0.227 e. The molecule has 0 bridgehead atoms. The molecule has 0 aliphatic heterocycles. The normalized spacial score (nSPS) is 12.0. The average molecular weight is 285 g/mol. The minimum Gasteiger partial charge on any atom is -0.492 e. The van der Waals surface area contributed by atoms with Crippen LogP contribution in [0.5, 0.6) is 5.75 Å². The molecular formula is C14H21ClN2O2. The van der Waals surface area contributed by atoms with E-state index in [1.807, 2.05) is 13.8 Å². The molecule has 0 saturated carbocycles. The molecule has 1 atom stereocenters. The first kappa shape index (κ1) is 15.8. The first-order valence-corrected chi connectivity index (χ1v) is 6.89. The Morgan fingerprint density at radius 2 is 2.26 bits per heavy atom. The lowest BCUT2D eigenvalue weighted by Crippen LogP contribution is -2.21. The fraction of sp³-hybridized carbons (Fsp3) is 0.500. The van der Waals surface area contributed by atoms with Gasteiger partial charge in [-0.3, -0.25) is 4.79 Å². The van der Waals surface area contributed by atoms with Crippen molar-refractivity contribution in [3.63, 3.8) is 0 Å². The molecule has 0 aliphatic rings. The highest BCUT2D eigenvalue weighted by Crippen LogP contribution is 2.27. The standard InChI is InChI=1S/C14H21ClN2O2/c1-3-19-13-7-6-11(9-12(13)15)17-14(18)10(2)5-4-8-16/h6-7,9-10H,3-5,8,16H2,1-2H3,(H,17,18). The molecule has 0 saturated heterocycles. The Hall–Kier alpha value is -1.26. The molecule has 106 valence electrons. The molecule has 0 fully saturated rings. The van der Waals surface area contributed by atoms with E-state index in [1.165, 1.54) is 0 Å².